The zero-order valence-corrected chi connectivity index (χ0v) is 12.6. The predicted octanol–water partition coefficient (Wildman–Crippen LogP) is 3.88. The van der Waals surface area contributed by atoms with Gasteiger partial charge in [-0.2, -0.15) is 11.8 Å². The monoisotopic (exact) mass is 323 g/mol. The summed E-state index contributed by atoms with van der Waals surface area (Å²) in [6.45, 7) is 1.06. The number of hydrogen-bond acceptors (Lipinski definition) is 3. The molecule has 1 atom stereocenters. The van der Waals surface area contributed by atoms with Crippen molar-refractivity contribution < 1.29 is 18.0 Å². The third kappa shape index (κ3) is 3.16. The van der Waals surface area contributed by atoms with E-state index < -0.39 is 11.6 Å². The Labute approximate surface area is 131 Å². The maximum atomic E-state index is 13.9. The molecule has 1 unspecified atom stereocenters. The first-order chi connectivity index (χ1) is 10.6. The number of hydrogen-bond donors (Lipinski definition) is 0. The Bertz CT molecular complexity index is 660. The van der Waals surface area contributed by atoms with E-state index in [-0.39, 0.29) is 11.2 Å². The Morgan fingerprint density at radius 2 is 2.14 bits per heavy atom. The van der Waals surface area contributed by atoms with Crippen LogP contribution < -0.4 is 0 Å². The Balaban J connectivity index is 1.72. The second kappa shape index (κ2) is 6.52. The molecule has 0 bridgehead atoms. The van der Waals surface area contributed by atoms with E-state index in [0.29, 0.717) is 36.6 Å². The summed E-state index contributed by atoms with van der Waals surface area (Å²) >= 11 is 1.55. The number of carbonyl (C=O) groups is 1. The average molecular weight is 323 g/mol. The molecule has 1 fully saturated rings. The second-order valence-corrected chi connectivity index (χ2v) is 6.39. The minimum absolute atomic E-state index is 0.148. The van der Waals surface area contributed by atoms with Crippen molar-refractivity contribution in [1.29, 1.82) is 0 Å². The number of amides is 1. The normalized spacial score (nSPS) is 19.0. The molecule has 3 nitrogen and oxygen atoms in total. The lowest BCUT2D eigenvalue weighted by molar-refractivity contribution is 0.0734. The zero-order chi connectivity index (χ0) is 15.5. The molecule has 116 valence electrons. The van der Waals surface area contributed by atoms with Gasteiger partial charge in [0.2, 0.25) is 0 Å². The fourth-order valence-corrected chi connectivity index (χ4v) is 3.78. The highest BCUT2D eigenvalue weighted by atomic mass is 32.2. The average Bonchev–Trinajstić information content (AvgIpc) is 2.94. The van der Waals surface area contributed by atoms with Crippen molar-refractivity contribution in [2.24, 2.45) is 0 Å². The van der Waals surface area contributed by atoms with E-state index in [2.05, 4.69) is 0 Å². The van der Waals surface area contributed by atoms with E-state index in [9.17, 15) is 13.6 Å². The summed E-state index contributed by atoms with van der Waals surface area (Å²) in [7, 11) is 0. The van der Waals surface area contributed by atoms with Crippen LogP contribution in [0.3, 0.4) is 0 Å². The number of nitrogens with zero attached hydrogens (tertiary/aromatic N) is 1. The number of halogens is 2. The van der Waals surface area contributed by atoms with Crippen LogP contribution in [-0.2, 0) is 0 Å². The Morgan fingerprint density at radius 1 is 1.27 bits per heavy atom. The topological polar surface area (TPSA) is 33.5 Å². The van der Waals surface area contributed by atoms with Crippen molar-refractivity contribution in [3.05, 3.63) is 59.6 Å². The van der Waals surface area contributed by atoms with Gasteiger partial charge >= 0.3 is 0 Å². The third-order valence-electron chi connectivity index (χ3n) is 3.67. The molecule has 0 spiro atoms. The summed E-state index contributed by atoms with van der Waals surface area (Å²) in [5, 5.41) is -0.148. The van der Waals surface area contributed by atoms with Gasteiger partial charge in [0.15, 0.2) is 5.76 Å². The van der Waals surface area contributed by atoms with E-state index in [0.717, 1.165) is 12.1 Å². The Kier molecular flexibility index (Phi) is 4.47. The third-order valence-corrected chi connectivity index (χ3v) is 4.98. The van der Waals surface area contributed by atoms with Crippen molar-refractivity contribution >= 4 is 17.7 Å². The lowest BCUT2D eigenvalue weighted by Crippen LogP contribution is -2.32. The van der Waals surface area contributed by atoms with Gasteiger partial charge in [-0.25, -0.2) is 8.78 Å². The van der Waals surface area contributed by atoms with E-state index in [1.807, 2.05) is 0 Å². The molecule has 1 aliphatic heterocycles. The number of furan rings is 1. The van der Waals surface area contributed by atoms with E-state index in [4.69, 9.17) is 4.42 Å². The highest BCUT2D eigenvalue weighted by Gasteiger charge is 2.25. The molecule has 0 radical (unpaired) electrons. The summed E-state index contributed by atoms with van der Waals surface area (Å²) < 4.78 is 32.4. The molecule has 3 rings (SSSR count). The van der Waals surface area contributed by atoms with E-state index >= 15 is 0 Å². The van der Waals surface area contributed by atoms with Crippen LogP contribution >= 0.6 is 11.8 Å². The van der Waals surface area contributed by atoms with Crippen LogP contribution in [0.15, 0.2) is 41.0 Å². The van der Waals surface area contributed by atoms with E-state index in [1.165, 1.54) is 12.3 Å². The fourth-order valence-electron chi connectivity index (χ4n) is 2.54. The van der Waals surface area contributed by atoms with Crippen LogP contribution in [0.4, 0.5) is 8.78 Å². The highest BCUT2D eigenvalue weighted by Crippen LogP contribution is 2.36. The first-order valence-corrected chi connectivity index (χ1v) is 8.09. The minimum atomic E-state index is -0.440. The summed E-state index contributed by atoms with van der Waals surface area (Å²) in [5.41, 5.74) is 0.372. The summed E-state index contributed by atoms with van der Waals surface area (Å²) in [6, 6.07) is 6.82. The standard InChI is InChI=1S/C16H15F2NO2S/c17-11-3-4-13(18)12(10-11)15-5-6-19(7-9-22-15)16(20)14-2-1-8-21-14/h1-4,8,10,15H,5-7,9H2. The molecule has 2 aromatic rings. The molecule has 0 saturated carbocycles. The molecule has 1 saturated heterocycles. The molecule has 1 aromatic heterocycles. The van der Waals surface area contributed by atoms with Crippen LogP contribution in [0.5, 0.6) is 0 Å². The van der Waals surface area contributed by atoms with Crippen molar-refractivity contribution in [3.63, 3.8) is 0 Å². The Hall–Kier alpha value is -1.82. The van der Waals surface area contributed by atoms with E-state index in [1.54, 1.807) is 28.8 Å². The van der Waals surface area contributed by atoms with Gasteiger partial charge in [0.25, 0.3) is 5.91 Å². The lowest BCUT2D eigenvalue weighted by Gasteiger charge is -2.19. The van der Waals surface area contributed by atoms with Gasteiger partial charge < -0.3 is 9.32 Å². The maximum Gasteiger partial charge on any atom is 0.289 e. The van der Waals surface area contributed by atoms with Crippen LogP contribution in [0.25, 0.3) is 0 Å². The van der Waals surface area contributed by atoms with Crippen molar-refractivity contribution in [3.8, 4) is 0 Å². The van der Waals surface area contributed by atoms with Crippen LogP contribution in [0.2, 0.25) is 0 Å². The van der Waals surface area contributed by atoms with Gasteiger partial charge in [-0.3, -0.25) is 4.79 Å². The lowest BCUT2D eigenvalue weighted by atomic mass is 10.1. The molecule has 22 heavy (non-hydrogen) atoms. The van der Waals surface area contributed by atoms with Gasteiger partial charge in [-0.1, -0.05) is 0 Å². The zero-order valence-electron chi connectivity index (χ0n) is 11.8. The van der Waals surface area contributed by atoms with Crippen molar-refractivity contribution in [2.75, 3.05) is 18.8 Å². The molecule has 0 aliphatic carbocycles. The molecule has 1 aromatic carbocycles. The molecule has 0 N–H and O–H groups in total. The largest absolute Gasteiger partial charge is 0.459 e. The van der Waals surface area contributed by atoms with Gasteiger partial charge in [0.1, 0.15) is 11.6 Å². The fraction of sp³-hybridized carbons (Fsp3) is 0.312. The second-order valence-electron chi connectivity index (χ2n) is 5.08. The molecule has 1 aliphatic rings. The number of thioether (sulfide) groups is 1. The van der Waals surface area contributed by atoms with Gasteiger partial charge in [0.05, 0.1) is 6.26 Å². The first-order valence-electron chi connectivity index (χ1n) is 7.04. The first kappa shape index (κ1) is 15.1. The molecule has 2 heterocycles. The number of rotatable bonds is 2. The van der Waals surface area contributed by atoms with Gasteiger partial charge in [0, 0.05) is 29.7 Å². The summed E-state index contributed by atoms with van der Waals surface area (Å²) in [5.74, 6) is -0.0200. The molecular weight excluding hydrogens is 308 g/mol. The quantitative estimate of drug-likeness (QED) is 0.841. The van der Waals surface area contributed by atoms with Crippen LogP contribution in [-0.4, -0.2) is 29.6 Å². The molecule has 6 heteroatoms. The SMILES string of the molecule is O=C(c1ccco1)N1CCSC(c2cc(F)ccc2F)CC1. The van der Waals surface area contributed by atoms with Gasteiger partial charge in [-0.05, 0) is 36.8 Å². The highest BCUT2D eigenvalue weighted by molar-refractivity contribution is 7.99. The maximum absolute atomic E-state index is 13.9. The number of carbonyl (C=O) groups excluding carboxylic acids is 1. The van der Waals surface area contributed by atoms with Gasteiger partial charge in [-0.15, -0.1) is 0 Å². The predicted molar refractivity (Wildman–Crippen MR) is 80.8 cm³/mol. The van der Waals surface area contributed by atoms with Crippen LogP contribution in [0.1, 0.15) is 27.8 Å². The van der Waals surface area contributed by atoms with Crippen LogP contribution in [0, 0.1) is 11.6 Å². The molecule has 1 amide bonds. The smallest absolute Gasteiger partial charge is 0.289 e. The van der Waals surface area contributed by atoms with Crippen molar-refractivity contribution in [1.82, 2.24) is 4.90 Å². The number of benzene rings is 1. The summed E-state index contributed by atoms with van der Waals surface area (Å²) in [4.78, 5) is 14.0. The van der Waals surface area contributed by atoms with Crippen molar-refractivity contribution in [2.45, 2.75) is 11.7 Å². The summed E-state index contributed by atoms with van der Waals surface area (Å²) in [6.07, 6.45) is 2.04. The minimum Gasteiger partial charge on any atom is -0.459 e. The Morgan fingerprint density at radius 3 is 2.91 bits per heavy atom. The molecular formula is C16H15F2NO2S.